The van der Waals surface area contributed by atoms with Gasteiger partial charge in [-0.25, -0.2) is 0 Å². The standard InChI is InChI=1S/C15H21BrN4O3S/c1-5-17-15(24)19-18-8-10-6-11(16)14(12(7-10)22-4)23-9-13(21)20(2)3/h6-8H,5,9H2,1-4H3,(H2,17,19,24)/b18-8-. The van der Waals surface area contributed by atoms with Gasteiger partial charge in [-0.05, 0) is 52.8 Å². The molecule has 0 unspecified atom stereocenters. The minimum absolute atomic E-state index is 0.0755. The summed E-state index contributed by atoms with van der Waals surface area (Å²) in [6, 6.07) is 3.56. The highest BCUT2D eigenvalue weighted by Crippen LogP contribution is 2.36. The van der Waals surface area contributed by atoms with E-state index in [1.54, 1.807) is 32.4 Å². The summed E-state index contributed by atoms with van der Waals surface area (Å²) in [6.45, 7) is 2.59. The molecule has 1 amide bonds. The fourth-order valence-corrected chi connectivity index (χ4v) is 2.35. The van der Waals surface area contributed by atoms with Crippen LogP contribution in [0.2, 0.25) is 0 Å². The first-order valence-electron chi connectivity index (χ1n) is 7.16. The maximum Gasteiger partial charge on any atom is 0.259 e. The second-order valence-electron chi connectivity index (χ2n) is 4.84. The number of amides is 1. The van der Waals surface area contributed by atoms with Gasteiger partial charge in [0.2, 0.25) is 0 Å². The summed E-state index contributed by atoms with van der Waals surface area (Å²) in [5, 5.41) is 7.42. The molecule has 0 saturated carbocycles. The van der Waals surface area contributed by atoms with Gasteiger partial charge in [0.1, 0.15) is 0 Å². The molecule has 1 rings (SSSR count). The Kier molecular flexibility index (Phi) is 8.48. The summed E-state index contributed by atoms with van der Waals surface area (Å²) >= 11 is 8.44. The van der Waals surface area contributed by atoms with Crippen LogP contribution in [-0.4, -0.2) is 56.5 Å². The first-order valence-corrected chi connectivity index (χ1v) is 8.36. The van der Waals surface area contributed by atoms with Crippen LogP contribution >= 0.6 is 28.1 Å². The van der Waals surface area contributed by atoms with Crippen molar-refractivity contribution in [1.82, 2.24) is 15.6 Å². The quantitative estimate of drug-likeness (QED) is 0.400. The third kappa shape index (κ3) is 6.32. The molecule has 0 spiro atoms. The van der Waals surface area contributed by atoms with Gasteiger partial charge in [-0.2, -0.15) is 5.10 Å². The average molecular weight is 417 g/mol. The molecule has 1 aromatic carbocycles. The van der Waals surface area contributed by atoms with Gasteiger partial charge in [0.05, 0.1) is 17.8 Å². The zero-order chi connectivity index (χ0) is 18.1. The Morgan fingerprint density at radius 1 is 1.46 bits per heavy atom. The van der Waals surface area contributed by atoms with Gasteiger partial charge in [0, 0.05) is 20.6 Å². The van der Waals surface area contributed by atoms with Crippen LogP contribution in [0.1, 0.15) is 12.5 Å². The summed E-state index contributed by atoms with van der Waals surface area (Å²) in [4.78, 5) is 13.1. The second kappa shape index (κ2) is 10.1. The monoisotopic (exact) mass is 416 g/mol. The highest BCUT2D eigenvalue weighted by molar-refractivity contribution is 9.10. The van der Waals surface area contributed by atoms with Gasteiger partial charge in [0.15, 0.2) is 23.2 Å². The summed E-state index contributed by atoms with van der Waals surface area (Å²) in [5.41, 5.74) is 3.48. The van der Waals surface area contributed by atoms with Gasteiger partial charge >= 0.3 is 0 Å². The van der Waals surface area contributed by atoms with E-state index in [4.69, 9.17) is 21.7 Å². The number of thiocarbonyl (C=S) groups is 1. The number of halogens is 1. The van der Waals surface area contributed by atoms with Crippen molar-refractivity contribution in [2.45, 2.75) is 6.92 Å². The van der Waals surface area contributed by atoms with Crippen molar-refractivity contribution in [1.29, 1.82) is 0 Å². The van der Waals surface area contributed by atoms with Crippen molar-refractivity contribution in [2.24, 2.45) is 5.10 Å². The summed E-state index contributed by atoms with van der Waals surface area (Å²) < 4.78 is 11.5. The number of rotatable bonds is 7. The van der Waals surface area contributed by atoms with E-state index in [0.29, 0.717) is 21.1 Å². The van der Waals surface area contributed by atoms with Gasteiger partial charge < -0.3 is 19.7 Å². The number of hydrogen-bond acceptors (Lipinski definition) is 5. The number of nitrogens with one attached hydrogen (secondary N) is 2. The Morgan fingerprint density at radius 3 is 2.75 bits per heavy atom. The van der Waals surface area contributed by atoms with Crippen LogP contribution in [0.25, 0.3) is 0 Å². The van der Waals surface area contributed by atoms with Gasteiger partial charge in [-0.3, -0.25) is 10.2 Å². The topological polar surface area (TPSA) is 75.2 Å². The predicted molar refractivity (Wildman–Crippen MR) is 102 cm³/mol. The predicted octanol–water partition coefficient (Wildman–Crippen LogP) is 1.74. The molecule has 1 aromatic rings. The molecule has 0 aliphatic carbocycles. The van der Waals surface area contributed by atoms with E-state index in [1.165, 1.54) is 12.0 Å². The molecule has 132 valence electrons. The minimum Gasteiger partial charge on any atom is -0.493 e. The lowest BCUT2D eigenvalue weighted by Gasteiger charge is -2.15. The number of carbonyl (C=O) groups is 1. The molecule has 0 atom stereocenters. The van der Waals surface area contributed by atoms with Crippen molar-refractivity contribution in [3.8, 4) is 11.5 Å². The maximum atomic E-state index is 11.6. The average Bonchev–Trinajstić information content (AvgIpc) is 2.53. The number of carbonyl (C=O) groups excluding carboxylic acids is 1. The zero-order valence-corrected chi connectivity index (χ0v) is 16.5. The highest BCUT2D eigenvalue weighted by atomic mass is 79.9. The number of nitrogens with zero attached hydrogens (tertiary/aromatic N) is 2. The number of likely N-dealkylation sites (N-methyl/N-ethyl adjacent to an activating group) is 1. The van der Waals surface area contributed by atoms with Crippen LogP contribution in [0.4, 0.5) is 0 Å². The van der Waals surface area contributed by atoms with Gasteiger partial charge in [0.25, 0.3) is 5.91 Å². The Morgan fingerprint density at radius 2 is 2.17 bits per heavy atom. The lowest BCUT2D eigenvalue weighted by atomic mass is 10.2. The summed E-state index contributed by atoms with van der Waals surface area (Å²) in [5.74, 6) is 0.809. The second-order valence-corrected chi connectivity index (χ2v) is 6.10. The van der Waals surface area contributed by atoms with Crippen LogP contribution < -0.4 is 20.2 Å². The van der Waals surface area contributed by atoms with Crippen molar-refractivity contribution < 1.29 is 14.3 Å². The summed E-state index contributed by atoms with van der Waals surface area (Å²) in [7, 11) is 4.87. The van der Waals surface area contributed by atoms with E-state index in [9.17, 15) is 4.79 Å². The van der Waals surface area contributed by atoms with Crippen LogP contribution in [0, 0.1) is 0 Å². The Labute approximate surface area is 155 Å². The molecule has 0 heterocycles. The van der Waals surface area contributed by atoms with E-state index in [0.717, 1.165) is 12.1 Å². The third-order valence-electron chi connectivity index (χ3n) is 2.81. The third-order valence-corrected chi connectivity index (χ3v) is 3.63. The van der Waals surface area contributed by atoms with Crippen LogP contribution in [0.5, 0.6) is 11.5 Å². The molecule has 24 heavy (non-hydrogen) atoms. The fraction of sp³-hybridized carbons (Fsp3) is 0.400. The molecular formula is C15H21BrN4O3S. The summed E-state index contributed by atoms with van der Waals surface area (Å²) in [6.07, 6.45) is 1.60. The van der Waals surface area contributed by atoms with E-state index >= 15 is 0 Å². The number of hydrazone groups is 1. The smallest absolute Gasteiger partial charge is 0.259 e. The van der Waals surface area contributed by atoms with Gasteiger partial charge in [-0.1, -0.05) is 0 Å². The molecule has 2 N–H and O–H groups in total. The molecule has 0 aromatic heterocycles. The molecule has 0 fully saturated rings. The Hall–Kier alpha value is -1.87. The number of hydrogen-bond donors (Lipinski definition) is 2. The molecule has 9 heteroatoms. The van der Waals surface area contributed by atoms with Crippen LogP contribution in [0.3, 0.4) is 0 Å². The van der Waals surface area contributed by atoms with Crippen molar-refractivity contribution >= 4 is 45.4 Å². The molecule has 0 saturated heterocycles. The number of benzene rings is 1. The minimum atomic E-state index is -0.143. The maximum absolute atomic E-state index is 11.6. The van der Waals surface area contributed by atoms with Crippen molar-refractivity contribution in [3.05, 3.63) is 22.2 Å². The zero-order valence-electron chi connectivity index (χ0n) is 14.1. The molecule has 0 radical (unpaired) electrons. The Bertz CT molecular complexity index is 623. The fourth-order valence-electron chi connectivity index (χ4n) is 1.58. The molecular weight excluding hydrogens is 396 g/mol. The molecule has 0 aliphatic rings. The Balaban J connectivity index is 2.85. The molecule has 7 nitrogen and oxygen atoms in total. The largest absolute Gasteiger partial charge is 0.493 e. The number of ether oxygens (including phenoxy) is 2. The van der Waals surface area contributed by atoms with Crippen LogP contribution in [-0.2, 0) is 4.79 Å². The van der Waals surface area contributed by atoms with Crippen molar-refractivity contribution in [2.75, 3.05) is 34.4 Å². The SMILES string of the molecule is CCNC(=S)N/N=C\c1cc(Br)c(OCC(=O)N(C)C)c(OC)c1. The van der Waals surface area contributed by atoms with Crippen molar-refractivity contribution in [3.63, 3.8) is 0 Å². The molecule has 0 aliphatic heterocycles. The molecule has 0 bridgehead atoms. The highest BCUT2D eigenvalue weighted by Gasteiger charge is 2.13. The van der Waals surface area contributed by atoms with E-state index < -0.39 is 0 Å². The number of methoxy groups -OCH3 is 1. The normalized spacial score (nSPS) is 10.4. The lowest BCUT2D eigenvalue weighted by Crippen LogP contribution is -2.31. The van der Waals surface area contributed by atoms with E-state index in [-0.39, 0.29) is 12.5 Å². The van der Waals surface area contributed by atoms with E-state index in [1.807, 2.05) is 6.92 Å². The lowest BCUT2D eigenvalue weighted by molar-refractivity contribution is -0.130. The first-order chi connectivity index (χ1) is 11.4. The van der Waals surface area contributed by atoms with Gasteiger partial charge in [-0.15, -0.1) is 0 Å². The first kappa shape index (κ1) is 20.2. The van der Waals surface area contributed by atoms with E-state index in [2.05, 4.69) is 31.8 Å². The van der Waals surface area contributed by atoms with Crippen LogP contribution in [0.15, 0.2) is 21.7 Å².